The Balaban J connectivity index is 1.83. The second-order valence-electron chi connectivity index (χ2n) is 7.92. The highest BCUT2D eigenvalue weighted by atomic mass is 16.5. The third-order valence-corrected chi connectivity index (χ3v) is 5.59. The zero-order valence-corrected chi connectivity index (χ0v) is 19.4. The number of benzene rings is 3. The summed E-state index contributed by atoms with van der Waals surface area (Å²) in [7, 11) is 1.63. The molecule has 6 heteroatoms. The van der Waals surface area contributed by atoms with Crippen LogP contribution >= 0.6 is 0 Å². The van der Waals surface area contributed by atoms with Gasteiger partial charge in [0.05, 0.1) is 31.6 Å². The Morgan fingerprint density at radius 1 is 0.912 bits per heavy atom. The molecule has 0 saturated carbocycles. The number of ether oxygens (including phenoxy) is 2. The molecule has 1 aromatic heterocycles. The highest BCUT2D eigenvalue weighted by Crippen LogP contribution is 2.36. The van der Waals surface area contributed by atoms with Crippen molar-refractivity contribution < 1.29 is 19.4 Å². The Bertz CT molecular complexity index is 1260. The standard InChI is InChI=1S/C28H28N2O4/c1-3-34-27-12-8-7-11-22(27)25-18-24(29-30(25)19-21-9-5-4-6-10-21)23-17-20(14-16-28(31)32)13-15-26(23)33-2/h4-13,15,17-18H,3,14,16,19H2,1-2H3,(H,31,32). The summed E-state index contributed by atoms with van der Waals surface area (Å²) >= 11 is 0. The van der Waals surface area contributed by atoms with E-state index in [1.54, 1.807) is 7.11 Å². The first-order valence-electron chi connectivity index (χ1n) is 11.3. The molecule has 4 rings (SSSR count). The van der Waals surface area contributed by atoms with E-state index in [1.807, 2.05) is 78.3 Å². The normalized spacial score (nSPS) is 10.8. The molecular formula is C28H28N2O4. The molecule has 0 aliphatic carbocycles. The number of aliphatic carboxylic acids is 1. The van der Waals surface area contributed by atoms with Crippen LogP contribution in [0.2, 0.25) is 0 Å². The lowest BCUT2D eigenvalue weighted by molar-refractivity contribution is -0.136. The lowest BCUT2D eigenvalue weighted by Crippen LogP contribution is -2.05. The molecule has 0 unspecified atom stereocenters. The number of carboxylic acids is 1. The van der Waals surface area contributed by atoms with E-state index in [0.29, 0.717) is 25.3 Å². The van der Waals surface area contributed by atoms with Crippen molar-refractivity contribution in [1.82, 2.24) is 9.78 Å². The smallest absolute Gasteiger partial charge is 0.303 e. The van der Waals surface area contributed by atoms with Gasteiger partial charge >= 0.3 is 5.97 Å². The molecule has 6 nitrogen and oxygen atoms in total. The molecule has 0 radical (unpaired) electrons. The topological polar surface area (TPSA) is 73.6 Å². The van der Waals surface area contributed by atoms with Gasteiger partial charge in [-0.05, 0) is 54.8 Å². The summed E-state index contributed by atoms with van der Waals surface area (Å²) in [5.41, 5.74) is 5.53. The summed E-state index contributed by atoms with van der Waals surface area (Å²) < 4.78 is 13.5. The second-order valence-corrected chi connectivity index (χ2v) is 7.92. The molecule has 3 aromatic carbocycles. The van der Waals surface area contributed by atoms with Crippen LogP contribution in [0.15, 0.2) is 78.9 Å². The number of hydrogen-bond acceptors (Lipinski definition) is 4. The van der Waals surface area contributed by atoms with Gasteiger partial charge in [0.2, 0.25) is 0 Å². The molecule has 34 heavy (non-hydrogen) atoms. The van der Waals surface area contributed by atoms with Crippen molar-refractivity contribution >= 4 is 5.97 Å². The summed E-state index contributed by atoms with van der Waals surface area (Å²) in [6.07, 6.45) is 0.512. The van der Waals surface area contributed by atoms with Gasteiger partial charge in [0.15, 0.2) is 0 Å². The van der Waals surface area contributed by atoms with Crippen LogP contribution in [0.5, 0.6) is 11.5 Å². The van der Waals surface area contributed by atoms with E-state index < -0.39 is 5.97 Å². The molecule has 1 N–H and O–H groups in total. The first-order valence-corrected chi connectivity index (χ1v) is 11.3. The number of hydrogen-bond donors (Lipinski definition) is 1. The molecular weight excluding hydrogens is 428 g/mol. The van der Waals surface area contributed by atoms with Crippen molar-refractivity contribution in [3.05, 3.63) is 90.0 Å². The second kappa shape index (κ2) is 10.7. The summed E-state index contributed by atoms with van der Waals surface area (Å²) in [6, 6.07) is 25.9. The number of nitrogens with zero attached hydrogens (tertiary/aromatic N) is 2. The van der Waals surface area contributed by atoms with E-state index in [9.17, 15) is 4.79 Å². The van der Waals surface area contributed by atoms with E-state index in [1.165, 1.54) is 0 Å². The molecule has 4 aromatic rings. The van der Waals surface area contributed by atoms with Crippen LogP contribution in [0.25, 0.3) is 22.5 Å². The number of carboxylic acid groups (broad SMARTS) is 1. The maximum Gasteiger partial charge on any atom is 0.303 e. The highest BCUT2D eigenvalue weighted by Gasteiger charge is 2.18. The van der Waals surface area contributed by atoms with Crippen LogP contribution in [0.3, 0.4) is 0 Å². The number of methoxy groups -OCH3 is 1. The van der Waals surface area contributed by atoms with Gasteiger partial charge in [0.1, 0.15) is 11.5 Å². The summed E-state index contributed by atoms with van der Waals surface area (Å²) in [5.74, 6) is 0.667. The molecule has 0 amide bonds. The van der Waals surface area contributed by atoms with Crippen molar-refractivity contribution in [3.63, 3.8) is 0 Å². The highest BCUT2D eigenvalue weighted by molar-refractivity contribution is 5.76. The van der Waals surface area contributed by atoms with E-state index in [2.05, 4.69) is 12.1 Å². The SMILES string of the molecule is CCOc1ccccc1-c1cc(-c2cc(CCC(=O)O)ccc2OC)nn1Cc1ccccc1. The van der Waals surface area contributed by atoms with Crippen LogP contribution in [-0.4, -0.2) is 34.6 Å². The predicted molar refractivity (Wildman–Crippen MR) is 132 cm³/mol. The Morgan fingerprint density at radius 2 is 1.68 bits per heavy atom. The summed E-state index contributed by atoms with van der Waals surface area (Å²) in [5, 5.41) is 14.0. The van der Waals surface area contributed by atoms with E-state index in [-0.39, 0.29) is 6.42 Å². The van der Waals surface area contributed by atoms with Crippen molar-refractivity contribution in [1.29, 1.82) is 0 Å². The minimum absolute atomic E-state index is 0.0706. The fraction of sp³-hybridized carbons (Fsp3) is 0.214. The Hall–Kier alpha value is -4.06. The van der Waals surface area contributed by atoms with Gasteiger partial charge in [-0.2, -0.15) is 5.10 Å². The van der Waals surface area contributed by atoms with Crippen LogP contribution in [0.4, 0.5) is 0 Å². The number of rotatable bonds is 10. The first kappa shape index (κ1) is 23.1. The fourth-order valence-electron chi connectivity index (χ4n) is 3.96. The third-order valence-electron chi connectivity index (χ3n) is 5.59. The molecule has 174 valence electrons. The molecule has 1 heterocycles. The Labute approximate surface area is 199 Å². The molecule has 0 fully saturated rings. The van der Waals surface area contributed by atoms with Crippen LogP contribution in [0.1, 0.15) is 24.5 Å². The molecule has 0 aliphatic rings. The lowest BCUT2D eigenvalue weighted by atomic mass is 10.0. The Kier molecular flexibility index (Phi) is 7.28. The molecule has 0 bridgehead atoms. The number of aromatic nitrogens is 2. The number of carbonyl (C=O) groups is 1. The zero-order chi connectivity index (χ0) is 23.9. The quantitative estimate of drug-likeness (QED) is 0.332. The van der Waals surface area contributed by atoms with Crippen LogP contribution in [-0.2, 0) is 17.8 Å². The third kappa shape index (κ3) is 5.29. The van der Waals surface area contributed by atoms with Gasteiger partial charge in [-0.15, -0.1) is 0 Å². The van der Waals surface area contributed by atoms with Gasteiger partial charge < -0.3 is 14.6 Å². The predicted octanol–water partition coefficient (Wildman–Crippen LogP) is 5.69. The maximum atomic E-state index is 11.1. The largest absolute Gasteiger partial charge is 0.496 e. The lowest BCUT2D eigenvalue weighted by Gasteiger charge is -2.12. The molecule has 0 aliphatic heterocycles. The molecule has 0 atom stereocenters. The first-order chi connectivity index (χ1) is 16.6. The summed E-state index contributed by atoms with van der Waals surface area (Å²) in [6.45, 7) is 3.13. The van der Waals surface area contributed by atoms with Gasteiger partial charge in [-0.3, -0.25) is 9.48 Å². The van der Waals surface area contributed by atoms with Crippen LogP contribution < -0.4 is 9.47 Å². The minimum Gasteiger partial charge on any atom is -0.496 e. The monoisotopic (exact) mass is 456 g/mol. The molecule has 0 saturated heterocycles. The van der Waals surface area contributed by atoms with Gasteiger partial charge in [0.25, 0.3) is 0 Å². The van der Waals surface area contributed by atoms with Crippen LogP contribution in [0, 0.1) is 0 Å². The minimum atomic E-state index is -0.820. The Morgan fingerprint density at radius 3 is 2.41 bits per heavy atom. The van der Waals surface area contributed by atoms with Gasteiger partial charge in [-0.1, -0.05) is 48.5 Å². The average Bonchev–Trinajstić information content (AvgIpc) is 3.27. The van der Waals surface area contributed by atoms with Crippen molar-refractivity contribution in [2.24, 2.45) is 0 Å². The number of aryl methyl sites for hydroxylation is 1. The van der Waals surface area contributed by atoms with Crippen molar-refractivity contribution in [3.8, 4) is 34.0 Å². The van der Waals surface area contributed by atoms with E-state index in [4.69, 9.17) is 19.7 Å². The zero-order valence-electron chi connectivity index (χ0n) is 19.4. The van der Waals surface area contributed by atoms with E-state index >= 15 is 0 Å². The van der Waals surface area contributed by atoms with Gasteiger partial charge in [-0.25, -0.2) is 0 Å². The maximum absolute atomic E-state index is 11.1. The average molecular weight is 457 g/mol. The summed E-state index contributed by atoms with van der Waals surface area (Å²) in [4.78, 5) is 11.1. The van der Waals surface area contributed by atoms with Gasteiger partial charge in [0, 0.05) is 17.5 Å². The molecule has 0 spiro atoms. The van der Waals surface area contributed by atoms with Crippen molar-refractivity contribution in [2.45, 2.75) is 26.3 Å². The fourth-order valence-corrected chi connectivity index (χ4v) is 3.96. The van der Waals surface area contributed by atoms with E-state index in [0.717, 1.165) is 39.4 Å². The van der Waals surface area contributed by atoms with Crippen molar-refractivity contribution in [2.75, 3.05) is 13.7 Å². The number of para-hydroxylation sites is 1.